The van der Waals surface area contributed by atoms with Gasteiger partial charge in [-0.2, -0.15) is 0 Å². The highest BCUT2D eigenvalue weighted by atomic mass is 16.2. The molecule has 1 aromatic rings. The first-order valence-corrected chi connectivity index (χ1v) is 8.32. The SMILES string of the molecule is CCN(CC1CCCNC1)C(=O)C1(c2ccccc2)CC1. The van der Waals surface area contributed by atoms with Crippen LogP contribution in [0, 0.1) is 5.92 Å². The first kappa shape index (κ1) is 14.6. The van der Waals surface area contributed by atoms with Crippen molar-refractivity contribution >= 4 is 5.91 Å². The third kappa shape index (κ3) is 2.98. The first-order chi connectivity index (χ1) is 10.3. The maximum Gasteiger partial charge on any atom is 0.233 e. The molecule has 1 N–H and O–H groups in total. The van der Waals surface area contributed by atoms with Crippen LogP contribution < -0.4 is 5.32 Å². The van der Waals surface area contributed by atoms with Gasteiger partial charge in [0.05, 0.1) is 5.41 Å². The van der Waals surface area contributed by atoms with Crippen molar-refractivity contribution in [2.75, 3.05) is 26.2 Å². The molecule has 1 saturated carbocycles. The van der Waals surface area contributed by atoms with E-state index in [4.69, 9.17) is 0 Å². The van der Waals surface area contributed by atoms with E-state index in [0.29, 0.717) is 11.8 Å². The molecule has 1 aliphatic heterocycles. The fraction of sp³-hybridized carbons (Fsp3) is 0.611. The summed E-state index contributed by atoms with van der Waals surface area (Å²) in [5.41, 5.74) is 0.995. The zero-order chi connectivity index (χ0) is 14.7. The minimum absolute atomic E-state index is 0.209. The van der Waals surface area contributed by atoms with Gasteiger partial charge in [0.15, 0.2) is 0 Å². The molecule has 1 heterocycles. The van der Waals surface area contributed by atoms with E-state index >= 15 is 0 Å². The van der Waals surface area contributed by atoms with E-state index in [-0.39, 0.29) is 5.41 Å². The fourth-order valence-corrected chi connectivity index (χ4v) is 3.56. The Morgan fingerprint density at radius 3 is 2.67 bits per heavy atom. The highest BCUT2D eigenvalue weighted by Gasteiger charge is 2.52. The summed E-state index contributed by atoms with van der Waals surface area (Å²) < 4.78 is 0. The lowest BCUT2D eigenvalue weighted by Gasteiger charge is -2.32. The smallest absolute Gasteiger partial charge is 0.233 e. The number of carbonyl (C=O) groups is 1. The lowest BCUT2D eigenvalue weighted by atomic mass is 9.93. The normalized spacial score (nSPS) is 23.6. The molecular formula is C18H26N2O. The van der Waals surface area contributed by atoms with Gasteiger partial charge in [-0.05, 0) is 57.2 Å². The minimum atomic E-state index is -0.209. The van der Waals surface area contributed by atoms with Gasteiger partial charge in [0.2, 0.25) is 5.91 Å². The number of nitrogens with zero attached hydrogens (tertiary/aromatic N) is 1. The Kier molecular flexibility index (Phi) is 4.29. The Hall–Kier alpha value is -1.35. The lowest BCUT2D eigenvalue weighted by molar-refractivity contribution is -0.134. The molecule has 0 spiro atoms. The predicted octanol–water partition coefficient (Wildman–Crippen LogP) is 2.57. The van der Waals surface area contributed by atoms with Gasteiger partial charge < -0.3 is 10.2 Å². The van der Waals surface area contributed by atoms with Crippen molar-refractivity contribution in [2.45, 2.75) is 38.0 Å². The topological polar surface area (TPSA) is 32.3 Å². The molecule has 3 heteroatoms. The Morgan fingerprint density at radius 2 is 2.10 bits per heavy atom. The van der Waals surface area contributed by atoms with Crippen LogP contribution in [0.1, 0.15) is 38.2 Å². The van der Waals surface area contributed by atoms with E-state index in [1.165, 1.54) is 18.4 Å². The summed E-state index contributed by atoms with van der Waals surface area (Å²) in [5, 5.41) is 3.45. The van der Waals surface area contributed by atoms with Crippen LogP contribution in [0.4, 0.5) is 0 Å². The van der Waals surface area contributed by atoms with Crippen LogP contribution in [0.5, 0.6) is 0 Å². The number of nitrogens with one attached hydrogen (secondary N) is 1. The second kappa shape index (κ2) is 6.18. The second-order valence-corrected chi connectivity index (χ2v) is 6.50. The van der Waals surface area contributed by atoms with Gasteiger partial charge in [0.25, 0.3) is 0 Å². The van der Waals surface area contributed by atoms with Gasteiger partial charge >= 0.3 is 0 Å². The molecule has 3 nitrogen and oxygen atoms in total. The molecule has 3 rings (SSSR count). The number of likely N-dealkylation sites (N-methyl/N-ethyl adjacent to an activating group) is 1. The van der Waals surface area contributed by atoms with Crippen LogP contribution in [-0.4, -0.2) is 37.0 Å². The van der Waals surface area contributed by atoms with Crippen LogP contribution >= 0.6 is 0 Å². The van der Waals surface area contributed by atoms with E-state index in [2.05, 4.69) is 29.3 Å². The molecule has 1 aromatic carbocycles. The van der Waals surface area contributed by atoms with Crippen molar-refractivity contribution < 1.29 is 4.79 Å². The Labute approximate surface area is 127 Å². The molecule has 114 valence electrons. The van der Waals surface area contributed by atoms with E-state index in [1.54, 1.807) is 0 Å². The minimum Gasteiger partial charge on any atom is -0.342 e. The van der Waals surface area contributed by atoms with Gasteiger partial charge in [0, 0.05) is 13.1 Å². The number of benzene rings is 1. The Morgan fingerprint density at radius 1 is 1.33 bits per heavy atom. The molecule has 1 unspecified atom stereocenters. The lowest BCUT2D eigenvalue weighted by Crippen LogP contribution is -2.44. The van der Waals surface area contributed by atoms with Crippen LogP contribution in [0.2, 0.25) is 0 Å². The molecule has 0 aromatic heterocycles. The monoisotopic (exact) mass is 286 g/mol. The van der Waals surface area contributed by atoms with Crippen molar-refractivity contribution in [1.29, 1.82) is 0 Å². The summed E-state index contributed by atoms with van der Waals surface area (Å²) in [4.78, 5) is 15.1. The number of carbonyl (C=O) groups excluding carboxylic acids is 1. The number of hydrogen-bond acceptors (Lipinski definition) is 2. The number of rotatable bonds is 5. The van der Waals surface area contributed by atoms with Crippen LogP contribution in [-0.2, 0) is 10.2 Å². The van der Waals surface area contributed by atoms with Gasteiger partial charge in [-0.25, -0.2) is 0 Å². The van der Waals surface area contributed by atoms with E-state index < -0.39 is 0 Å². The quantitative estimate of drug-likeness (QED) is 0.902. The molecule has 21 heavy (non-hydrogen) atoms. The summed E-state index contributed by atoms with van der Waals surface area (Å²) >= 11 is 0. The summed E-state index contributed by atoms with van der Waals surface area (Å²) in [6.07, 6.45) is 4.50. The molecular weight excluding hydrogens is 260 g/mol. The third-order valence-corrected chi connectivity index (χ3v) is 5.03. The van der Waals surface area contributed by atoms with Crippen molar-refractivity contribution in [3.05, 3.63) is 35.9 Å². The summed E-state index contributed by atoms with van der Waals surface area (Å²) in [7, 11) is 0. The molecule has 1 atom stereocenters. The predicted molar refractivity (Wildman–Crippen MR) is 85.2 cm³/mol. The van der Waals surface area contributed by atoms with Gasteiger partial charge in [0.1, 0.15) is 0 Å². The highest BCUT2D eigenvalue weighted by Crippen LogP contribution is 2.49. The number of hydrogen-bond donors (Lipinski definition) is 1. The molecule has 1 amide bonds. The average Bonchev–Trinajstić information content (AvgIpc) is 3.36. The van der Waals surface area contributed by atoms with E-state index in [9.17, 15) is 4.79 Å². The first-order valence-electron chi connectivity index (χ1n) is 8.32. The highest BCUT2D eigenvalue weighted by molar-refractivity contribution is 5.91. The largest absolute Gasteiger partial charge is 0.342 e. The summed E-state index contributed by atoms with van der Waals surface area (Å²) in [5.74, 6) is 0.969. The molecule has 1 aliphatic carbocycles. The molecule has 2 aliphatic rings. The molecule has 2 fully saturated rings. The van der Waals surface area contributed by atoms with Crippen molar-refractivity contribution in [3.63, 3.8) is 0 Å². The number of piperidine rings is 1. The standard InChI is InChI=1S/C18H26N2O/c1-2-20(14-15-7-6-12-19-13-15)17(21)18(10-11-18)16-8-4-3-5-9-16/h3-5,8-9,15,19H,2,6-7,10-14H2,1H3. The maximum atomic E-state index is 13.0. The maximum absolute atomic E-state index is 13.0. The van der Waals surface area contributed by atoms with Crippen LogP contribution in [0.3, 0.4) is 0 Å². The molecule has 0 bridgehead atoms. The average molecular weight is 286 g/mol. The Balaban J connectivity index is 1.70. The molecule has 0 radical (unpaired) electrons. The van der Waals surface area contributed by atoms with Gasteiger partial charge in [-0.15, -0.1) is 0 Å². The van der Waals surface area contributed by atoms with E-state index in [1.807, 2.05) is 18.2 Å². The van der Waals surface area contributed by atoms with Crippen LogP contribution in [0.15, 0.2) is 30.3 Å². The summed E-state index contributed by atoms with van der Waals surface area (Å²) in [6, 6.07) is 10.3. The second-order valence-electron chi connectivity index (χ2n) is 6.50. The molecule has 1 saturated heterocycles. The van der Waals surface area contributed by atoms with Crippen molar-refractivity contribution in [2.24, 2.45) is 5.92 Å². The Bertz CT molecular complexity index is 475. The summed E-state index contributed by atoms with van der Waals surface area (Å²) in [6.45, 7) is 6.03. The third-order valence-electron chi connectivity index (χ3n) is 5.03. The van der Waals surface area contributed by atoms with E-state index in [0.717, 1.165) is 39.0 Å². The van der Waals surface area contributed by atoms with Crippen molar-refractivity contribution in [1.82, 2.24) is 10.2 Å². The number of amides is 1. The van der Waals surface area contributed by atoms with Crippen LogP contribution in [0.25, 0.3) is 0 Å². The van der Waals surface area contributed by atoms with Crippen molar-refractivity contribution in [3.8, 4) is 0 Å². The fourth-order valence-electron chi connectivity index (χ4n) is 3.56. The zero-order valence-corrected chi connectivity index (χ0v) is 13.0. The van der Waals surface area contributed by atoms with Gasteiger partial charge in [-0.1, -0.05) is 30.3 Å². The zero-order valence-electron chi connectivity index (χ0n) is 13.0. The van der Waals surface area contributed by atoms with Gasteiger partial charge in [-0.3, -0.25) is 4.79 Å².